The molecule has 3 fully saturated rings. The summed E-state index contributed by atoms with van der Waals surface area (Å²) in [5.74, 6) is -2.48. The van der Waals surface area contributed by atoms with Crippen LogP contribution in [0.5, 0.6) is 0 Å². The lowest BCUT2D eigenvalue weighted by molar-refractivity contribution is -0.202. The molecule has 1 N–H and O–H groups in total. The molecule has 0 spiro atoms. The maximum atomic E-state index is 17.0. The van der Waals surface area contributed by atoms with E-state index in [9.17, 15) is 19.5 Å². The van der Waals surface area contributed by atoms with E-state index in [0.29, 0.717) is 12.8 Å². The van der Waals surface area contributed by atoms with Crippen LogP contribution in [0, 0.1) is 34.5 Å². The number of aliphatic hydroxyl groups excluding tert-OH is 1. The highest BCUT2D eigenvalue weighted by molar-refractivity contribution is 6.01. The third-order valence-electron chi connectivity index (χ3n) is 8.96. The quantitative estimate of drug-likeness (QED) is 0.620. The summed E-state index contributed by atoms with van der Waals surface area (Å²) in [5, 5.41) is 11.2. The molecule has 0 bridgehead atoms. The van der Waals surface area contributed by atoms with Crippen LogP contribution >= 0.6 is 0 Å². The first-order valence-corrected chi connectivity index (χ1v) is 12.0. The molecule has 0 aromatic rings. The molecule has 4 aliphatic carbocycles. The number of esters is 1. The van der Waals surface area contributed by atoms with Crippen LogP contribution < -0.4 is 0 Å². The van der Waals surface area contributed by atoms with Crippen molar-refractivity contribution in [2.45, 2.75) is 77.7 Å². The van der Waals surface area contributed by atoms with Gasteiger partial charge in [-0.25, -0.2) is 8.78 Å². The Hall–Kier alpha value is -1.89. The summed E-state index contributed by atoms with van der Waals surface area (Å²) in [6, 6.07) is 0. The zero-order valence-electron chi connectivity index (χ0n) is 19.8. The zero-order chi connectivity index (χ0) is 24.3. The first kappa shape index (κ1) is 24.2. The molecule has 33 heavy (non-hydrogen) atoms. The van der Waals surface area contributed by atoms with Crippen molar-refractivity contribution in [2.24, 2.45) is 34.5 Å². The van der Waals surface area contributed by atoms with Gasteiger partial charge >= 0.3 is 5.97 Å². The molecule has 0 aliphatic heterocycles. The monoisotopic (exact) mass is 464 g/mol. The fraction of sp³-hybridized carbons (Fsp3) is 0.731. The summed E-state index contributed by atoms with van der Waals surface area (Å²) in [5.41, 5.74) is -4.17. The zero-order valence-corrected chi connectivity index (χ0v) is 19.8. The molecule has 1 unspecified atom stereocenters. The Morgan fingerprint density at radius 1 is 1.24 bits per heavy atom. The maximum absolute atomic E-state index is 17.0. The fourth-order valence-electron chi connectivity index (χ4n) is 7.37. The smallest absolute Gasteiger partial charge is 0.306 e. The highest BCUT2D eigenvalue weighted by Crippen LogP contribution is 2.69. The summed E-state index contributed by atoms with van der Waals surface area (Å²) in [7, 11) is 0. The Morgan fingerprint density at radius 2 is 1.94 bits per heavy atom. The average Bonchev–Trinajstić information content (AvgIpc) is 3.06. The van der Waals surface area contributed by atoms with Gasteiger partial charge in [-0.1, -0.05) is 26.8 Å². The Balaban J connectivity index is 1.60. The van der Waals surface area contributed by atoms with E-state index < -0.39 is 46.6 Å². The molecule has 7 heteroatoms. The number of alkyl halides is 2. The summed E-state index contributed by atoms with van der Waals surface area (Å²) >= 11 is 0. The van der Waals surface area contributed by atoms with Gasteiger partial charge in [0, 0.05) is 23.7 Å². The van der Waals surface area contributed by atoms with Crippen LogP contribution in [-0.2, 0) is 19.1 Å². The minimum absolute atomic E-state index is 0.0582. The molecule has 3 saturated carbocycles. The highest BCUT2D eigenvalue weighted by Gasteiger charge is 2.72. The lowest BCUT2D eigenvalue weighted by atomic mass is 9.45. The van der Waals surface area contributed by atoms with Crippen molar-refractivity contribution in [3.8, 4) is 0 Å². The van der Waals surface area contributed by atoms with E-state index in [1.807, 2.05) is 20.8 Å². The molecule has 182 valence electrons. The maximum Gasteiger partial charge on any atom is 0.306 e. The van der Waals surface area contributed by atoms with E-state index in [0.717, 1.165) is 0 Å². The van der Waals surface area contributed by atoms with Gasteiger partial charge in [0.15, 0.2) is 17.2 Å². The van der Waals surface area contributed by atoms with Crippen molar-refractivity contribution < 1.29 is 33.0 Å². The third-order valence-corrected chi connectivity index (χ3v) is 8.96. The van der Waals surface area contributed by atoms with Crippen molar-refractivity contribution in [3.05, 3.63) is 23.8 Å². The number of hydrogen-bond donors (Lipinski definition) is 1. The van der Waals surface area contributed by atoms with Crippen molar-refractivity contribution in [2.75, 3.05) is 6.61 Å². The molecule has 0 radical (unpaired) electrons. The van der Waals surface area contributed by atoms with Crippen molar-refractivity contribution in [1.82, 2.24) is 0 Å². The second-order valence-electron chi connectivity index (χ2n) is 11.3. The molecule has 0 aromatic heterocycles. The van der Waals surface area contributed by atoms with E-state index in [-0.39, 0.29) is 54.8 Å². The van der Waals surface area contributed by atoms with E-state index in [1.54, 1.807) is 6.92 Å². The number of carbonyl (C=O) groups is 3. The third kappa shape index (κ3) is 3.53. The summed E-state index contributed by atoms with van der Waals surface area (Å²) in [6.45, 7) is 6.89. The predicted molar refractivity (Wildman–Crippen MR) is 118 cm³/mol. The Kier molecular flexibility index (Phi) is 5.95. The van der Waals surface area contributed by atoms with Gasteiger partial charge in [0.2, 0.25) is 0 Å². The highest BCUT2D eigenvalue weighted by atomic mass is 19.1. The van der Waals surface area contributed by atoms with Gasteiger partial charge < -0.3 is 9.84 Å². The number of Topliss-reactive ketones (excluding diaryl/α,β-unsaturated/α-hetero) is 1. The van der Waals surface area contributed by atoms with Gasteiger partial charge in [0.1, 0.15) is 12.8 Å². The van der Waals surface area contributed by atoms with Gasteiger partial charge in [-0.15, -0.1) is 0 Å². The van der Waals surface area contributed by atoms with Gasteiger partial charge in [-0.2, -0.15) is 0 Å². The second kappa shape index (κ2) is 8.10. The lowest BCUT2D eigenvalue weighted by Crippen LogP contribution is -2.68. The molecule has 0 saturated heterocycles. The van der Waals surface area contributed by atoms with E-state index in [1.165, 1.54) is 18.2 Å². The minimum atomic E-state index is -2.13. The molecule has 4 aliphatic rings. The first-order chi connectivity index (χ1) is 15.3. The molecule has 0 heterocycles. The summed E-state index contributed by atoms with van der Waals surface area (Å²) < 4.78 is 37.5. The van der Waals surface area contributed by atoms with Crippen LogP contribution in [-0.4, -0.2) is 47.2 Å². The fourth-order valence-corrected chi connectivity index (χ4v) is 7.37. The predicted octanol–water partition coefficient (Wildman–Crippen LogP) is 4.08. The molecule has 4 rings (SSSR count). The van der Waals surface area contributed by atoms with Gasteiger partial charge in [-0.3, -0.25) is 14.4 Å². The summed E-state index contributed by atoms with van der Waals surface area (Å²) in [6.07, 6.45) is 2.14. The number of carbonyl (C=O) groups excluding carboxylic acids is 3. The average molecular weight is 465 g/mol. The molecular formula is C26H34F2O5. The Labute approximate surface area is 193 Å². The standard InChI is InChI=1S/C26H34F2O5/c1-14(2)9-23(32)33-13-21(30)17-6-5-16-18-11-20(27)19-10-15(29)7-8-25(19,4)26(18,28)22(31)12-24(16,17)3/h7-8,10,14,16-18,20,22,31H,5-6,9,11-13H2,1-4H3/t16?,17-,18+,20+,22+,24+,25+,26+/m1/s1. The number of ketones is 2. The number of hydrogen-bond acceptors (Lipinski definition) is 5. The second-order valence-corrected chi connectivity index (χ2v) is 11.3. The number of fused-ring (bicyclic) bond motifs is 5. The van der Waals surface area contributed by atoms with Crippen LogP contribution in [0.1, 0.15) is 59.8 Å². The lowest BCUT2D eigenvalue weighted by Gasteiger charge is -2.62. The molecule has 0 amide bonds. The van der Waals surface area contributed by atoms with Crippen molar-refractivity contribution in [1.29, 1.82) is 0 Å². The van der Waals surface area contributed by atoms with E-state index >= 15 is 8.78 Å². The van der Waals surface area contributed by atoms with Gasteiger partial charge in [-0.05, 0) is 67.6 Å². The Morgan fingerprint density at radius 3 is 2.61 bits per heavy atom. The Bertz CT molecular complexity index is 926. The molecule has 0 aromatic carbocycles. The van der Waals surface area contributed by atoms with Crippen LogP contribution in [0.3, 0.4) is 0 Å². The number of ether oxygens (including phenoxy) is 1. The number of halogens is 2. The largest absolute Gasteiger partial charge is 0.458 e. The van der Waals surface area contributed by atoms with Crippen LogP contribution in [0.15, 0.2) is 23.8 Å². The van der Waals surface area contributed by atoms with Crippen molar-refractivity contribution >= 4 is 17.5 Å². The van der Waals surface area contributed by atoms with Crippen molar-refractivity contribution in [3.63, 3.8) is 0 Å². The van der Waals surface area contributed by atoms with E-state index in [4.69, 9.17) is 4.74 Å². The normalized spacial score (nSPS) is 44.1. The first-order valence-electron chi connectivity index (χ1n) is 12.0. The van der Waals surface area contributed by atoms with E-state index in [2.05, 4.69) is 0 Å². The number of allylic oxidation sites excluding steroid dienone is 4. The summed E-state index contributed by atoms with van der Waals surface area (Å²) in [4.78, 5) is 36.8. The van der Waals surface area contributed by atoms with Crippen LogP contribution in [0.25, 0.3) is 0 Å². The van der Waals surface area contributed by atoms with Crippen LogP contribution in [0.2, 0.25) is 0 Å². The SMILES string of the molecule is CC(C)CC(=O)OCC(=O)[C@H]1CCC2[C@@H]3C[C@H](F)C4=CC(=O)C=C[C@]4(C)[C@@]3(F)[C@@H](O)C[C@@]21C. The topological polar surface area (TPSA) is 80.7 Å². The number of rotatable bonds is 5. The molecule has 8 atom stereocenters. The molecule has 5 nitrogen and oxygen atoms in total. The van der Waals surface area contributed by atoms with Crippen LogP contribution in [0.4, 0.5) is 8.78 Å². The van der Waals surface area contributed by atoms with Gasteiger partial charge in [0.05, 0.1) is 6.10 Å². The van der Waals surface area contributed by atoms with Gasteiger partial charge in [0.25, 0.3) is 0 Å². The number of aliphatic hydroxyl groups is 1. The molecular weight excluding hydrogens is 430 g/mol. The minimum Gasteiger partial charge on any atom is -0.458 e.